The van der Waals surface area contributed by atoms with E-state index in [0.717, 1.165) is 18.8 Å². The van der Waals surface area contributed by atoms with Gasteiger partial charge in [0, 0.05) is 24.5 Å². The van der Waals surface area contributed by atoms with Gasteiger partial charge in [0.25, 0.3) is 0 Å². The number of aromatic nitrogens is 3. The Morgan fingerprint density at radius 2 is 1.85 bits per heavy atom. The zero-order valence-corrected chi connectivity index (χ0v) is 18.1. The Kier molecular flexibility index (Phi) is 7.51. The van der Waals surface area contributed by atoms with E-state index in [1.807, 2.05) is 30.9 Å². The number of nitrogen functional groups attached to an aromatic ring is 1. The van der Waals surface area contributed by atoms with Crippen molar-refractivity contribution in [1.82, 2.24) is 15.0 Å². The lowest BCUT2D eigenvalue weighted by atomic mass is 10.2. The van der Waals surface area contributed by atoms with Crippen LogP contribution in [0.25, 0.3) is 0 Å². The van der Waals surface area contributed by atoms with E-state index in [1.54, 1.807) is 19.1 Å². The van der Waals surface area contributed by atoms with Crippen LogP contribution in [0.4, 0.5) is 27.7 Å². The van der Waals surface area contributed by atoms with Gasteiger partial charge in [-0.3, -0.25) is 0 Å². The molecular weight excluding hydrogens is 385 g/mol. The Morgan fingerprint density at radius 1 is 1.22 bits per heavy atom. The third-order valence-electron chi connectivity index (χ3n) is 3.96. The number of hydrogen-bond donors (Lipinski definition) is 2. The van der Waals surface area contributed by atoms with Gasteiger partial charge in [0.05, 0.1) is 5.16 Å². The summed E-state index contributed by atoms with van der Waals surface area (Å²) in [6, 6.07) is 7.37. The van der Waals surface area contributed by atoms with Crippen LogP contribution in [-0.4, -0.2) is 45.7 Å². The molecule has 1 heterocycles. The van der Waals surface area contributed by atoms with Crippen LogP contribution in [0.1, 0.15) is 20.8 Å². The number of nitrogens with zero attached hydrogens (tertiary/aromatic N) is 4. The highest BCUT2D eigenvalue weighted by Gasteiger charge is 2.28. The molecule has 2 rings (SSSR count). The highest BCUT2D eigenvalue weighted by Crippen LogP contribution is 2.30. The topological polar surface area (TPSA) is 89.2 Å². The summed E-state index contributed by atoms with van der Waals surface area (Å²) in [5.74, 6) is -0.296. The quantitative estimate of drug-likeness (QED) is 0.483. The van der Waals surface area contributed by atoms with Crippen LogP contribution in [-0.2, 0) is 0 Å². The number of ether oxygens (including phenoxy) is 1. The fraction of sp³-hybridized carbons (Fsp3) is 0.471. The van der Waals surface area contributed by atoms with Gasteiger partial charge in [0.15, 0.2) is 0 Å². The van der Waals surface area contributed by atoms with E-state index in [0.29, 0.717) is 17.6 Å². The SMILES string of the molecule is CCN(CC)c1nc(Nc2ccc(N)cc2)nc(OCC(C)(P)C(F)P)n1. The lowest BCUT2D eigenvalue weighted by Crippen LogP contribution is -2.33. The minimum Gasteiger partial charge on any atom is -0.462 e. The largest absolute Gasteiger partial charge is 0.462 e. The lowest BCUT2D eigenvalue weighted by Gasteiger charge is -2.25. The van der Waals surface area contributed by atoms with Gasteiger partial charge in [-0.25, -0.2) is 4.39 Å². The maximum Gasteiger partial charge on any atom is 0.323 e. The summed E-state index contributed by atoms with van der Waals surface area (Å²) >= 11 is 0. The van der Waals surface area contributed by atoms with E-state index >= 15 is 0 Å². The van der Waals surface area contributed by atoms with E-state index in [-0.39, 0.29) is 12.6 Å². The predicted molar refractivity (Wildman–Crippen MR) is 116 cm³/mol. The molecule has 0 bridgehead atoms. The van der Waals surface area contributed by atoms with Crippen molar-refractivity contribution < 1.29 is 9.13 Å². The average molecular weight is 412 g/mol. The molecule has 0 saturated carbocycles. The number of benzene rings is 1. The Hall–Kier alpha value is -1.78. The second-order valence-corrected chi connectivity index (χ2v) is 8.26. The summed E-state index contributed by atoms with van der Waals surface area (Å²) in [6.07, 6.45) is 0. The van der Waals surface area contributed by atoms with Gasteiger partial charge < -0.3 is 20.7 Å². The van der Waals surface area contributed by atoms with E-state index < -0.39 is 11.1 Å². The van der Waals surface area contributed by atoms with E-state index in [1.165, 1.54) is 0 Å². The molecule has 0 fully saturated rings. The van der Waals surface area contributed by atoms with Crippen LogP contribution in [0, 0.1) is 0 Å². The molecule has 0 aliphatic carbocycles. The summed E-state index contributed by atoms with van der Waals surface area (Å²) in [6.45, 7) is 7.35. The van der Waals surface area contributed by atoms with Gasteiger partial charge in [-0.05, 0) is 45.0 Å². The average Bonchev–Trinajstić information content (AvgIpc) is 2.63. The second kappa shape index (κ2) is 9.43. The highest BCUT2D eigenvalue weighted by atomic mass is 31.0. The minimum absolute atomic E-state index is 0.103. The molecule has 1 aromatic heterocycles. The normalized spacial score (nSPS) is 14.3. The molecule has 27 heavy (non-hydrogen) atoms. The van der Waals surface area contributed by atoms with Crippen LogP contribution in [0.15, 0.2) is 24.3 Å². The Morgan fingerprint density at radius 3 is 2.41 bits per heavy atom. The molecule has 4 unspecified atom stereocenters. The summed E-state index contributed by atoms with van der Waals surface area (Å²) < 4.78 is 19.4. The first kappa shape index (κ1) is 21.5. The number of halogens is 1. The molecule has 10 heteroatoms. The van der Waals surface area contributed by atoms with E-state index in [9.17, 15) is 4.39 Å². The number of rotatable bonds is 9. The second-order valence-electron chi connectivity index (χ2n) is 6.36. The predicted octanol–water partition coefficient (Wildman–Crippen LogP) is 3.23. The Bertz CT molecular complexity index is 741. The number of alkyl halides is 1. The van der Waals surface area contributed by atoms with Crippen molar-refractivity contribution in [2.75, 3.05) is 35.6 Å². The summed E-state index contributed by atoms with van der Waals surface area (Å²) in [7, 11) is 4.61. The first-order chi connectivity index (χ1) is 12.7. The zero-order valence-electron chi connectivity index (χ0n) is 15.8. The zero-order chi connectivity index (χ0) is 20.0. The number of nitrogens with two attached hydrogens (primary N) is 1. The van der Waals surface area contributed by atoms with Crippen molar-refractivity contribution in [2.24, 2.45) is 0 Å². The molecular formula is C17H27FN6OP2. The van der Waals surface area contributed by atoms with Crippen molar-refractivity contribution in [3.05, 3.63) is 24.3 Å². The van der Waals surface area contributed by atoms with Crippen LogP contribution < -0.4 is 20.7 Å². The van der Waals surface area contributed by atoms with Crippen molar-refractivity contribution in [2.45, 2.75) is 31.8 Å². The monoisotopic (exact) mass is 412 g/mol. The van der Waals surface area contributed by atoms with Crippen LogP contribution in [0.3, 0.4) is 0 Å². The molecule has 0 amide bonds. The smallest absolute Gasteiger partial charge is 0.323 e. The highest BCUT2D eigenvalue weighted by molar-refractivity contribution is 7.24. The molecule has 1 aromatic carbocycles. The molecule has 2 aromatic rings. The van der Waals surface area contributed by atoms with Gasteiger partial charge in [-0.15, -0.1) is 9.24 Å². The Labute approximate surface area is 164 Å². The minimum atomic E-state index is -1.14. The molecule has 0 spiro atoms. The van der Waals surface area contributed by atoms with Crippen LogP contribution >= 0.6 is 18.5 Å². The lowest BCUT2D eigenvalue weighted by molar-refractivity contribution is 0.222. The fourth-order valence-electron chi connectivity index (χ4n) is 2.11. The molecule has 0 aliphatic rings. The molecule has 148 valence electrons. The molecule has 7 nitrogen and oxygen atoms in total. The van der Waals surface area contributed by atoms with E-state index in [2.05, 4.69) is 38.7 Å². The molecule has 0 saturated heterocycles. The number of anilines is 4. The van der Waals surface area contributed by atoms with Gasteiger partial charge in [0.2, 0.25) is 11.9 Å². The van der Waals surface area contributed by atoms with Crippen molar-refractivity contribution in [3.8, 4) is 6.01 Å². The third kappa shape index (κ3) is 6.12. The van der Waals surface area contributed by atoms with Crippen molar-refractivity contribution in [1.29, 1.82) is 0 Å². The summed E-state index contributed by atoms with van der Waals surface area (Å²) in [5, 5.41) is 2.36. The summed E-state index contributed by atoms with van der Waals surface area (Å²) in [4.78, 5) is 15.1. The molecule has 3 N–H and O–H groups in total. The first-order valence-electron chi connectivity index (χ1n) is 8.70. The number of hydrogen-bond acceptors (Lipinski definition) is 7. The molecule has 4 atom stereocenters. The first-order valence-corrected chi connectivity index (χ1v) is 9.94. The van der Waals surface area contributed by atoms with Gasteiger partial charge in [-0.2, -0.15) is 15.0 Å². The fourth-order valence-corrected chi connectivity index (χ4v) is 2.29. The maximum atomic E-state index is 13.7. The molecule has 0 aliphatic heterocycles. The Balaban J connectivity index is 2.29. The van der Waals surface area contributed by atoms with Gasteiger partial charge in [-0.1, -0.05) is 9.24 Å². The van der Waals surface area contributed by atoms with Crippen molar-refractivity contribution in [3.63, 3.8) is 0 Å². The van der Waals surface area contributed by atoms with Crippen LogP contribution in [0.5, 0.6) is 6.01 Å². The summed E-state index contributed by atoms with van der Waals surface area (Å²) in [5.41, 5.74) is 7.18. The third-order valence-corrected chi connectivity index (χ3v) is 5.59. The number of nitrogens with one attached hydrogen (secondary N) is 1. The maximum absolute atomic E-state index is 13.7. The van der Waals surface area contributed by atoms with Crippen LogP contribution in [0.2, 0.25) is 0 Å². The van der Waals surface area contributed by atoms with Gasteiger partial charge in [0.1, 0.15) is 12.5 Å². The molecule has 0 radical (unpaired) electrons. The van der Waals surface area contributed by atoms with E-state index in [4.69, 9.17) is 10.5 Å². The standard InChI is InChI=1S/C17H27FN6OP2/c1-4-24(5-2)15-21-14(20-12-8-6-11(19)7-9-12)22-16(23-15)25-10-17(3,27)13(18)26/h6-9,13H,4-5,10,19,26-27H2,1-3H3,(H,20,21,22,23). The van der Waals surface area contributed by atoms with Crippen molar-refractivity contribution >= 4 is 41.8 Å². The van der Waals surface area contributed by atoms with Gasteiger partial charge >= 0.3 is 6.01 Å².